The van der Waals surface area contributed by atoms with Crippen molar-refractivity contribution >= 4 is 18.8 Å². The molecule has 3 heteroatoms. The van der Waals surface area contributed by atoms with Crippen LogP contribution in [0.1, 0.15) is 12.8 Å². The maximum absolute atomic E-state index is 5.61. The second kappa shape index (κ2) is 2.80. The van der Waals surface area contributed by atoms with Gasteiger partial charge in [-0.2, -0.15) is 0 Å². The van der Waals surface area contributed by atoms with E-state index in [0.717, 1.165) is 5.54 Å². The summed E-state index contributed by atoms with van der Waals surface area (Å²) in [6, 6.07) is 0. The van der Waals surface area contributed by atoms with Crippen molar-refractivity contribution in [2.24, 2.45) is 0 Å². The summed E-state index contributed by atoms with van der Waals surface area (Å²) in [5.41, 5.74) is 1.08. The molecule has 0 spiro atoms. The molecule has 1 aliphatic carbocycles. The SMILES string of the molecule is C[Si](C)O[SiH2]C1CC1. The van der Waals surface area contributed by atoms with Crippen molar-refractivity contribution in [2.75, 3.05) is 0 Å². The van der Waals surface area contributed by atoms with Gasteiger partial charge in [-0.25, -0.2) is 0 Å². The molecule has 0 aliphatic heterocycles. The number of rotatable bonds is 3. The molecule has 0 aromatic heterocycles. The standard InChI is InChI=1S/C5H13OSi2/c1-8(2)6-7-5-3-4-5/h5H,3-4,7H2,1-2H3. The Morgan fingerprint density at radius 3 is 2.50 bits per heavy atom. The van der Waals surface area contributed by atoms with Crippen LogP contribution >= 0.6 is 0 Å². The Morgan fingerprint density at radius 2 is 2.12 bits per heavy atom. The molecule has 0 unspecified atom stereocenters. The monoisotopic (exact) mass is 145 g/mol. The molecule has 8 heavy (non-hydrogen) atoms. The molecule has 0 atom stereocenters. The third-order valence-corrected chi connectivity index (χ3v) is 5.57. The summed E-state index contributed by atoms with van der Waals surface area (Å²) in [5.74, 6) is 0. The maximum atomic E-state index is 5.61. The molecule has 1 nitrogen and oxygen atoms in total. The average molecular weight is 145 g/mol. The van der Waals surface area contributed by atoms with Crippen molar-refractivity contribution in [3.05, 3.63) is 0 Å². The summed E-state index contributed by atoms with van der Waals surface area (Å²) >= 11 is 0. The van der Waals surface area contributed by atoms with E-state index >= 15 is 0 Å². The van der Waals surface area contributed by atoms with Crippen LogP contribution < -0.4 is 0 Å². The van der Waals surface area contributed by atoms with Gasteiger partial charge < -0.3 is 4.12 Å². The van der Waals surface area contributed by atoms with E-state index in [1.165, 1.54) is 12.8 Å². The van der Waals surface area contributed by atoms with Crippen LogP contribution in [0.25, 0.3) is 0 Å². The van der Waals surface area contributed by atoms with E-state index in [1.807, 2.05) is 0 Å². The van der Waals surface area contributed by atoms with E-state index in [1.54, 1.807) is 0 Å². The van der Waals surface area contributed by atoms with Crippen LogP contribution in [0.15, 0.2) is 0 Å². The molecule has 0 saturated heterocycles. The van der Waals surface area contributed by atoms with Gasteiger partial charge in [0, 0.05) is 0 Å². The van der Waals surface area contributed by atoms with Gasteiger partial charge in [-0.1, -0.05) is 12.8 Å². The highest BCUT2D eigenvalue weighted by atomic mass is 28.3. The van der Waals surface area contributed by atoms with Gasteiger partial charge in [0.25, 0.3) is 0 Å². The molecule has 0 aromatic carbocycles. The van der Waals surface area contributed by atoms with Crippen LogP contribution in [0, 0.1) is 0 Å². The molecule has 1 aliphatic rings. The quantitative estimate of drug-likeness (QED) is 0.537. The van der Waals surface area contributed by atoms with Crippen molar-refractivity contribution in [3.8, 4) is 0 Å². The lowest BCUT2D eigenvalue weighted by atomic mass is 11.0. The summed E-state index contributed by atoms with van der Waals surface area (Å²) in [7, 11) is -0.373. The number of hydrogen-bond donors (Lipinski definition) is 0. The fourth-order valence-corrected chi connectivity index (χ4v) is 3.41. The highest BCUT2D eigenvalue weighted by molar-refractivity contribution is 6.56. The Balaban J connectivity index is 1.87. The Hall–Kier alpha value is 0.394. The first kappa shape index (κ1) is 6.51. The van der Waals surface area contributed by atoms with Gasteiger partial charge >= 0.3 is 0 Å². The minimum Gasteiger partial charge on any atom is -0.460 e. The molecule has 1 rings (SSSR count). The van der Waals surface area contributed by atoms with Gasteiger partial charge in [-0.05, 0) is 18.6 Å². The first-order valence-corrected chi connectivity index (χ1v) is 7.02. The lowest BCUT2D eigenvalue weighted by Crippen LogP contribution is -2.10. The minimum absolute atomic E-state index is 0.0450. The van der Waals surface area contributed by atoms with E-state index in [9.17, 15) is 0 Å². The summed E-state index contributed by atoms with van der Waals surface area (Å²) < 4.78 is 5.61. The molecular weight excluding hydrogens is 132 g/mol. The summed E-state index contributed by atoms with van der Waals surface area (Å²) in [6.45, 7) is 4.44. The Labute approximate surface area is 55.1 Å². The van der Waals surface area contributed by atoms with Gasteiger partial charge in [-0.3, -0.25) is 0 Å². The molecule has 1 saturated carbocycles. The number of hydrogen-bond acceptors (Lipinski definition) is 1. The molecule has 0 N–H and O–H groups in total. The predicted octanol–water partition coefficient (Wildman–Crippen LogP) is 0.920. The normalized spacial score (nSPS) is 21.4. The predicted molar refractivity (Wildman–Crippen MR) is 40.1 cm³/mol. The fourth-order valence-electron chi connectivity index (χ4n) is 0.569. The van der Waals surface area contributed by atoms with Gasteiger partial charge in [0.05, 0.1) is 0 Å². The zero-order valence-corrected chi connectivity index (χ0v) is 8.02. The minimum atomic E-state index is -0.328. The van der Waals surface area contributed by atoms with Gasteiger partial charge in [-0.15, -0.1) is 0 Å². The zero-order valence-electron chi connectivity index (χ0n) is 5.61. The third-order valence-electron chi connectivity index (χ3n) is 1.30. The smallest absolute Gasteiger partial charge is 0.190 e. The molecule has 47 valence electrons. The van der Waals surface area contributed by atoms with Crippen LogP contribution in [-0.4, -0.2) is 18.8 Å². The lowest BCUT2D eigenvalue weighted by molar-refractivity contribution is 0.619. The lowest BCUT2D eigenvalue weighted by Gasteiger charge is -2.01. The van der Waals surface area contributed by atoms with Crippen molar-refractivity contribution < 1.29 is 4.12 Å². The van der Waals surface area contributed by atoms with Crippen molar-refractivity contribution in [1.29, 1.82) is 0 Å². The van der Waals surface area contributed by atoms with E-state index in [4.69, 9.17) is 4.12 Å². The molecule has 0 heterocycles. The van der Waals surface area contributed by atoms with E-state index < -0.39 is 0 Å². The van der Waals surface area contributed by atoms with E-state index in [0.29, 0.717) is 0 Å². The van der Waals surface area contributed by atoms with Gasteiger partial charge in [0.1, 0.15) is 9.76 Å². The van der Waals surface area contributed by atoms with Crippen LogP contribution in [0.4, 0.5) is 0 Å². The highest BCUT2D eigenvalue weighted by Gasteiger charge is 2.22. The summed E-state index contributed by atoms with van der Waals surface area (Å²) in [5, 5.41) is 0. The van der Waals surface area contributed by atoms with Crippen LogP contribution in [0.2, 0.25) is 18.6 Å². The molecule has 0 aromatic rings. The van der Waals surface area contributed by atoms with Crippen LogP contribution in [0.3, 0.4) is 0 Å². The Bertz CT molecular complexity index is 68.8. The maximum Gasteiger partial charge on any atom is 0.190 e. The zero-order chi connectivity index (χ0) is 5.98. The largest absolute Gasteiger partial charge is 0.460 e. The van der Waals surface area contributed by atoms with Crippen molar-refractivity contribution in [2.45, 2.75) is 31.5 Å². The fraction of sp³-hybridized carbons (Fsp3) is 1.00. The molecule has 1 fully saturated rings. The second-order valence-corrected chi connectivity index (χ2v) is 7.12. The molecular formula is C5H13OSi2. The van der Waals surface area contributed by atoms with Gasteiger partial charge in [0.15, 0.2) is 9.04 Å². The second-order valence-electron chi connectivity index (χ2n) is 2.66. The van der Waals surface area contributed by atoms with Crippen molar-refractivity contribution in [3.63, 3.8) is 0 Å². The Kier molecular flexibility index (Phi) is 2.28. The third kappa shape index (κ3) is 2.64. The average Bonchev–Trinajstić information content (AvgIpc) is 2.41. The molecule has 0 bridgehead atoms. The van der Waals surface area contributed by atoms with E-state index in [2.05, 4.69) is 13.1 Å². The topological polar surface area (TPSA) is 9.23 Å². The van der Waals surface area contributed by atoms with Crippen LogP contribution in [0.5, 0.6) is 0 Å². The highest BCUT2D eigenvalue weighted by Crippen LogP contribution is 2.34. The first-order valence-electron chi connectivity index (χ1n) is 3.22. The van der Waals surface area contributed by atoms with E-state index in [-0.39, 0.29) is 18.8 Å². The molecule has 1 radical (unpaired) electrons. The summed E-state index contributed by atoms with van der Waals surface area (Å²) in [6.07, 6.45) is 2.95. The molecule has 0 amide bonds. The van der Waals surface area contributed by atoms with Crippen LogP contribution in [-0.2, 0) is 4.12 Å². The first-order chi connectivity index (χ1) is 3.79. The Morgan fingerprint density at radius 1 is 1.50 bits per heavy atom. The van der Waals surface area contributed by atoms with Gasteiger partial charge in [0.2, 0.25) is 0 Å². The van der Waals surface area contributed by atoms with Crippen molar-refractivity contribution in [1.82, 2.24) is 0 Å². The summed E-state index contributed by atoms with van der Waals surface area (Å²) in [4.78, 5) is 0.